The summed E-state index contributed by atoms with van der Waals surface area (Å²) in [5.41, 5.74) is 4.93. The first kappa shape index (κ1) is 16.9. The zero-order valence-corrected chi connectivity index (χ0v) is 15.6. The number of nitrogens with zero attached hydrogens (tertiary/aromatic N) is 3. The van der Waals surface area contributed by atoms with E-state index < -0.39 is 0 Å². The van der Waals surface area contributed by atoms with Gasteiger partial charge in [0.25, 0.3) is 0 Å². The first-order valence-corrected chi connectivity index (χ1v) is 9.48. The fourth-order valence-corrected chi connectivity index (χ4v) is 4.11. The molecule has 1 aliphatic heterocycles. The van der Waals surface area contributed by atoms with E-state index in [-0.39, 0.29) is 11.8 Å². The van der Waals surface area contributed by atoms with Crippen LogP contribution in [0.15, 0.2) is 54.7 Å². The highest BCUT2D eigenvalue weighted by atomic mass is 16.3. The molecule has 3 N–H and O–H groups in total. The lowest BCUT2D eigenvalue weighted by atomic mass is 9.88. The maximum absolute atomic E-state index is 10.7. The summed E-state index contributed by atoms with van der Waals surface area (Å²) >= 11 is 0. The Hall–Kier alpha value is -3.25. The molecule has 140 valence electrons. The minimum atomic E-state index is 0.0294. The van der Waals surface area contributed by atoms with Crippen LogP contribution in [0.3, 0.4) is 0 Å². The lowest BCUT2D eigenvalue weighted by molar-refractivity contribution is 0.452. The van der Waals surface area contributed by atoms with Crippen LogP contribution in [0.2, 0.25) is 0 Å². The van der Waals surface area contributed by atoms with Crippen molar-refractivity contribution < 1.29 is 5.11 Å². The Morgan fingerprint density at radius 3 is 2.61 bits per heavy atom. The van der Waals surface area contributed by atoms with Crippen molar-refractivity contribution in [1.82, 2.24) is 25.5 Å². The smallest absolute Gasteiger partial charge is 0.222 e. The molecule has 0 bridgehead atoms. The van der Waals surface area contributed by atoms with Crippen molar-refractivity contribution in [2.24, 2.45) is 0 Å². The third-order valence-corrected chi connectivity index (χ3v) is 5.61. The van der Waals surface area contributed by atoms with E-state index in [1.165, 1.54) is 5.56 Å². The molecule has 1 fully saturated rings. The Morgan fingerprint density at radius 2 is 1.82 bits per heavy atom. The molecule has 3 heterocycles. The van der Waals surface area contributed by atoms with Crippen molar-refractivity contribution >= 4 is 10.9 Å². The molecule has 0 spiro atoms. The molecule has 6 nitrogen and oxygen atoms in total. The lowest BCUT2D eigenvalue weighted by Crippen LogP contribution is -2.13. The van der Waals surface area contributed by atoms with Gasteiger partial charge in [0.05, 0.1) is 16.6 Å². The molecule has 0 unspecified atom stereocenters. The molecular weight excluding hydrogens is 350 g/mol. The van der Waals surface area contributed by atoms with Crippen LogP contribution >= 0.6 is 0 Å². The van der Waals surface area contributed by atoms with Gasteiger partial charge in [-0.3, -0.25) is 5.10 Å². The summed E-state index contributed by atoms with van der Waals surface area (Å²) in [5, 5.41) is 21.8. The second kappa shape index (κ2) is 6.73. The standard InChI is InChI=1S/C22H21N5O/c1-13-17(12-24-27-13)15-7-8-20-16(9-15)22(28)26-21(25-20)19-11-23-10-18(19)14-5-3-2-4-6-14/h2-9,12,18-19,23H,10-11H2,1H3,(H,24,27)(H,25,26,28)/t18-,19+/m1/s1. The number of hydrogen-bond donors (Lipinski definition) is 3. The molecule has 2 atom stereocenters. The second-order valence-corrected chi connectivity index (χ2v) is 7.30. The van der Waals surface area contributed by atoms with Gasteiger partial charge in [-0.1, -0.05) is 36.4 Å². The molecule has 0 amide bonds. The highest BCUT2D eigenvalue weighted by Crippen LogP contribution is 2.36. The quantitative estimate of drug-likeness (QED) is 0.513. The average molecular weight is 371 g/mol. The molecule has 4 aromatic rings. The van der Waals surface area contributed by atoms with E-state index in [1.54, 1.807) is 0 Å². The predicted molar refractivity (Wildman–Crippen MR) is 108 cm³/mol. The van der Waals surface area contributed by atoms with Crippen LogP contribution in [0.25, 0.3) is 22.0 Å². The topological polar surface area (TPSA) is 86.7 Å². The molecule has 5 rings (SSSR count). The van der Waals surface area contributed by atoms with Gasteiger partial charge in [0, 0.05) is 36.7 Å². The minimum Gasteiger partial charge on any atom is -0.493 e. The Labute approximate surface area is 162 Å². The van der Waals surface area contributed by atoms with Crippen molar-refractivity contribution in [1.29, 1.82) is 0 Å². The van der Waals surface area contributed by atoms with Gasteiger partial charge < -0.3 is 10.4 Å². The molecule has 0 radical (unpaired) electrons. The SMILES string of the molecule is Cc1n[nH]cc1-c1ccc2nc([C@H]3CNC[C@@H]3c3ccccc3)nc(O)c2c1. The number of aromatic amines is 1. The summed E-state index contributed by atoms with van der Waals surface area (Å²) in [4.78, 5) is 9.29. The number of aromatic nitrogens is 4. The van der Waals surface area contributed by atoms with Crippen LogP contribution < -0.4 is 5.32 Å². The van der Waals surface area contributed by atoms with Gasteiger partial charge in [0.2, 0.25) is 5.88 Å². The Morgan fingerprint density at radius 1 is 1.00 bits per heavy atom. The third-order valence-electron chi connectivity index (χ3n) is 5.61. The van der Waals surface area contributed by atoms with E-state index in [0.717, 1.165) is 35.4 Å². The molecule has 28 heavy (non-hydrogen) atoms. The number of aromatic hydroxyl groups is 1. The largest absolute Gasteiger partial charge is 0.493 e. The monoisotopic (exact) mass is 371 g/mol. The Balaban J connectivity index is 1.55. The number of nitrogens with one attached hydrogen (secondary N) is 2. The summed E-state index contributed by atoms with van der Waals surface area (Å²) in [6, 6.07) is 16.3. The fraction of sp³-hybridized carbons (Fsp3) is 0.227. The Bertz CT molecular complexity index is 1140. The molecule has 6 heteroatoms. The molecule has 1 saturated heterocycles. The van der Waals surface area contributed by atoms with Gasteiger partial charge in [0.15, 0.2) is 0 Å². The van der Waals surface area contributed by atoms with Crippen molar-refractivity contribution in [2.45, 2.75) is 18.8 Å². The number of hydrogen-bond acceptors (Lipinski definition) is 5. The number of fused-ring (bicyclic) bond motifs is 1. The Kier molecular flexibility index (Phi) is 4.06. The highest BCUT2D eigenvalue weighted by molar-refractivity contribution is 5.88. The maximum Gasteiger partial charge on any atom is 0.222 e. The van der Waals surface area contributed by atoms with Crippen LogP contribution in [0, 0.1) is 6.92 Å². The first-order chi connectivity index (χ1) is 13.7. The number of benzene rings is 2. The van der Waals surface area contributed by atoms with Gasteiger partial charge in [0.1, 0.15) is 5.82 Å². The second-order valence-electron chi connectivity index (χ2n) is 7.30. The van der Waals surface area contributed by atoms with E-state index in [4.69, 9.17) is 4.98 Å². The molecule has 0 aliphatic carbocycles. The normalized spacial score (nSPS) is 19.3. The van der Waals surface area contributed by atoms with Crippen LogP contribution in [0.1, 0.15) is 28.9 Å². The summed E-state index contributed by atoms with van der Waals surface area (Å²) in [6.45, 7) is 3.64. The average Bonchev–Trinajstić information content (AvgIpc) is 3.37. The van der Waals surface area contributed by atoms with Crippen molar-refractivity contribution in [3.05, 3.63) is 71.8 Å². The zero-order valence-electron chi connectivity index (χ0n) is 15.6. The summed E-state index contributed by atoms with van der Waals surface area (Å²) in [6.07, 6.45) is 1.86. The van der Waals surface area contributed by atoms with Crippen molar-refractivity contribution in [3.63, 3.8) is 0 Å². The first-order valence-electron chi connectivity index (χ1n) is 9.48. The van der Waals surface area contributed by atoms with Gasteiger partial charge in [-0.25, -0.2) is 4.98 Å². The summed E-state index contributed by atoms with van der Waals surface area (Å²) < 4.78 is 0. The van der Waals surface area contributed by atoms with Gasteiger partial charge in [-0.2, -0.15) is 10.1 Å². The molecule has 1 aliphatic rings. The van der Waals surface area contributed by atoms with Crippen LogP contribution in [-0.2, 0) is 0 Å². The predicted octanol–water partition coefficient (Wildman–Crippen LogP) is 3.50. The number of H-pyrrole nitrogens is 1. The fourth-order valence-electron chi connectivity index (χ4n) is 4.11. The molecule has 2 aromatic heterocycles. The lowest BCUT2D eigenvalue weighted by Gasteiger charge is -2.18. The molecule has 0 saturated carbocycles. The number of aryl methyl sites for hydroxylation is 1. The summed E-state index contributed by atoms with van der Waals surface area (Å²) in [5.74, 6) is 1.15. The van der Waals surface area contributed by atoms with Crippen molar-refractivity contribution in [3.8, 4) is 17.0 Å². The van der Waals surface area contributed by atoms with E-state index in [1.807, 2.05) is 37.4 Å². The highest BCUT2D eigenvalue weighted by Gasteiger charge is 2.32. The van der Waals surface area contributed by atoms with E-state index in [9.17, 15) is 5.11 Å². The molecular formula is C22H21N5O. The zero-order chi connectivity index (χ0) is 19.1. The van der Waals surface area contributed by atoms with E-state index >= 15 is 0 Å². The van der Waals surface area contributed by atoms with Gasteiger partial charge in [-0.05, 0) is 30.2 Å². The number of rotatable bonds is 3. The van der Waals surface area contributed by atoms with Gasteiger partial charge >= 0.3 is 0 Å². The molecule has 2 aromatic carbocycles. The van der Waals surface area contributed by atoms with Crippen LogP contribution in [0.4, 0.5) is 0 Å². The van der Waals surface area contributed by atoms with E-state index in [2.05, 4.69) is 44.8 Å². The van der Waals surface area contributed by atoms with Crippen LogP contribution in [0.5, 0.6) is 5.88 Å². The third kappa shape index (κ3) is 2.82. The van der Waals surface area contributed by atoms with E-state index in [0.29, 0.717) is 17.1 Å². The van der Waals surface area contributed by atoms with Crippen LogP contribution in [-0.4, -0.2) is 38.4 Å². The van der Waals surface area contributed by atoms with Crippen molar-refractivity contribution in [2.75, 3.05) is 13.1 Å². The van der Waals surface area contributed by atoms with Gasteiger partial charge in [-0.15, -0.1) is 0 Å². The maximum atomic E-state index is 10.7. The summed E-state index contributed by atoms with van der Waals surface area (Å²) in [7, 11) is 0. The minimum absolute atomic E-state index is 0.0294.